The summed E-state index contributed by atoms with van der Waals surface area (Å²) in [4.78, 5) is 26.6. The standard InChI is InChI=1S/C17H30N2O3/c1-12(18-16(21)17(2,3)4)15(20)19-8-9-22-11-14(10-19)13-6-5-7-13/h12-14H,5-11H2,1-4H3,(H,18,21). The first-order valence-electron chi connectivity index (χ1n) is 8.46. The number of carbonyl (C=O) groups is 2. The van der Waals surface area contributed by atoms with Gasteiger partial charge >= 0.3 is 0 Å². The summed E-state index contributed by atoms with van der Waals surface area (Å²) in [7, 11) is 0. The Balaban J connectivity index is 1.93. The number of nitrogens with one attached hydrogen (secondary N) is 1. The fourth-order valence-electron chi connectivity index (χ4n) is 2.98. The van der Waals surface area contributed by atoms with Crippen molar-refractivity contribution < 1.29 is 14.3 Å². The lowest BCUT2D eigenvalue weighted by Crippen LogP contribution is -2.51. The normalized spacial score (nSPS) is 25.1. The molecule has 1 saturated heterocycles. The minimum atomic E-state index is -0.481. The molecular formula is C17H30N2O3. The third-order valence-electron chi connectivity index (χ3n) is 4.82. The van der Waals surface area contributed by atoms with E-state index in [9.17, 15) is 9.59 Å². The van der Waals surface area contributed by atoms with Gasteiger partial charge in [-0.2, -0.15) is 0 Å². The Hall–Kier alpha value is -1.10. The summed E-state index contributed by atoms with van der Waals surface area (Å²) in [5.41, 5.74) is -0.481. The molecule has 2 unspecified atom stereocenters. The Kier molecular flexibility index (Phi) is 5.48. The van der Waals surface area contributed by atoms with E-state index in [4.69, 9.17) is 4.74 Å². The molecule has 0 bridgehead atoms. The molecule has 2 atom stereocenters. The number of rotatable bonds is 3. The molecule has 1 aliphatic carbocycles. The van der Waals surface area contributed by atoms with E-state index in [0.717, 1.165) is 13.2 Å². The fraction of sp³-hybridized carbons (Fsp3) is 0.882. The molecule has 0 aromatic heterocycles. The predicted molar refractivity (Wildman–Crippen MR) is 85.3 cm³/mol. The average molecular weight is 310 g/mol. The summed E-state index contributed by atoms with van der Waals surface area (Å²) in [6.45, 7) is 10.1. The van der Waals surface area contributed by atoms with Gasteiger partial charge in [-0.3, -0.25) is 9.59 Å². The topological polar surface area (TPSA) is 58.6 Å². The molecule has 2 rings (SSSR count). The monoisotopic (exact) mass is 310 g/mol. The van der Waals surface area contributed by atoms with E-state index in [2.05, 4.69) is 5.32 Å². The highest BCUT2D eigenvalue weighted by Crippen LogP contribution is 2.34. The largest absolute Gasteiger partial charge is 0.379 e. The van der Waals surface area contributed by atoms with Crippen LogP contribution < -0.4 is 5.32 Å². The van der Waals surface area contributed by atoms with Crippen LogP contribution in [-0.4, -0.2) is 49.1 Å². The molecular weight excluding hydrogens is 280 g/mol. The summed E-state index contributed by atoms with van der Waals surface area (Å²) in [6, 6.07) is -0.480. The lowest BCUT2D eigenvalue weighted by molar-refractivity contribution is -0.138. The van der Waals surface area contributed by atoms with Gasteiger partial charge in [-0.15, -0.1) is 0 Å². The van der Waals surface area contributed by atoms with Crippen LogP contribution in [0.3, 0.4) is 0 Å². The van der Waals surface area contributed by atoms with Crippen LogP contribution in [0.4, 0.5) is 0 Å². The molecule has 5 nitrogen and oxygen atoms in total. The smallest absolute Gasteiger partial charge is 0.244 e. The van der Waals surface area contributed by atoms with Crippen LogP contribution in [-0.2, 0) is 14.3 Å². The maximum Gasteiger partial charge on any atom is 0.244 e. The van der Waals surface area contributed by atoms with Gasteiger partial charge in [0.15, 0.2) is 0 Å². The van der Waals surface area contributed by atoms with Crippen molar-refractivity contribution in [2.24, 2.45) is 17.3 Å². The maximum absolute atomic E-state index is 12.6. The van der Waals surface area contributed by atoms with E-state index in [1.54, 1.807) is 6.92 Å². The summed E-state index contributed by atoms with van der Waals surface area (Å²) in [6.07, 6.45) is 3.81. The van der Waals surface area contributed by atoms with Crippen molar-refractivity contribution >= 4 is 11.8 Å². The Labute approximate surface area is 133 Å². The molecule has 5 heteroatoms. The van der Waals surface area contributed by atoms with Gasteiger partial charge < -0.3 is 15.0 Å². The van der Waals surface area contributed by atoms with Gasteiger partial charge in [0.05, 0.1) is 13.2 Å². The molecule has 1 heterocycles. The maximum atomic E-state index is 12.6. The second kappa shape index (κ2) is 6.99. The van der Waals surface area contributed by atoms with Gasteiger partial charge in [-0.1, -0.05) is 40.0 Å². The number of hydrogen-bond donors (Lipinski definition) is 1. The van der Waals surface area contributed by atoms with Crippen molar-refractivity contribution in [1.29, 1.82) is 0 Å². The van der Waals surface area contributed by atoms with Gasteiger partial charge in [0.2, 0.25) is 11.8 Å². The molecule has 126 valence electrons. The highest BCUT2D eigenvalue weighted by molar-refractivity contribution is 5.89. The molecule has 1 saturated carbocycles. The number of carbonyl (C=O) groups excluding carboxylic acids is 2. The molecule has 0 spiro atoms. The third-order valence-corrected chi connectivity index (χ3v) is 4.82. The van der Waals surface area contributed by atoms with E-state index in [1.807, 2.05) is 25.7 Å². The lowest BCUT2D eigenvalue weighted by atomic mass is 9.76. The van der Waals surface area contributed by atoms with E-state index in [-0.39, 0.29) is 11.8 Å². The highest BCUT2D eigenvalue weighted by Gasteiger charge is 2.34. The van der Waals surface area contributed by atoms with Crippen LogP contribution in [0.1, 0.15) is 47.0 Å². The van der Waals surface area contributed by atoms with Gasteiger partial charge in [0.25, 0.3) is 0 Å². The zero-order chi connectivity index (χ0) is 16.3. The quantitative estimate of drug-likeness (QED) is 0.865. The van der Waals surface area contributed by atoms with Crippen molar-refractivity contribution in [3.8, 4) is 0 Å². The summed E-state index contributed by atoms with van der Waals surface area (Å²) >= 11 is 0. The van der Waals surface area contributed by atoms with E-state index >= 15 is 0 Å². The molecule has 2 fully saturated rings. The van der Waals surface area contributed by atoms with Crippen LogP contribution in [0.15, 0.2) is 0 Å². The van der Waals surface area contributed by atoms with Crippen LogP contribution in [0.2, 0.25) is 0 Å². The van der Waals surface area contributed by atoms with E-state index in [0.29, 0.717) is 25.0 Å². The number of hydrogen-bond acceptors (Lipinski definition) is 3. The molecule has 1 N–H and O–H groups in total. The van der Waals surface area contributed by atoms with Gasteiger partial charge in [0, 0.05) is 24.4 Å². The molecule has 22 heavy (non-hydrogen) atoms. The first-order valence-corrected chi connectivity index (χ1v) is 8.46. The molecule has 2 amide bonds. The highest BCUT2D eigenvalue weighted by atomic mass is 16.5. The average Bonchev–Trinajstić information content (AvgIpc) is 2.60. The SMILES string of the molecule is CC(NC(=O)C(C)(C)C)C(=O)N1CCOCC(C2CCC2)C1. The van der Waals surface area contributed by atoms with Gasteiger partial charge in [-0.25, -0.2) is 0 Å². The van der Waals surface area contributed by atoms with Crippen molar-refractivity contribution in [2.75, 3.05) is 26.3 Å². The Bertz CT molecular complexity index is 413. The first-order chi connectivity index (χ1) is 10.3. The summed E-state index contributed by atoms with van der Waals surface area (Å²) in [5.74, 6) is 1.07. The van der Waals surface area contributed by atoms with Gasteiger partial charge in [0.1, 0.15) is 6.04 Å². The minimum Gasteiger partial charge on any atom is -0.379 e. The zero-order valence-corrected chi connectivity index (χ0v) is 14.4. The number of amides is 2. The summed E-state index contributed by atoms with van der Waals surface area (Å²) in [5, 5.41) is 2.84. The molecule has 1 aliphatic heterocycles. The van der Waals surface area contributed by atoms with Gasteiger partial charge in [-0.05, 0) is 12.8 Å². The predicted octanol–water partition coefficient (Wildman–Crippen LogP) is 1.81. The second-order valence-electron chi connectivity index (χ2n) is 7.76. The van der Waals surface area contributed by atoms with E-state index in [1.165, 1.54) is 19.3 Å². The van der Waals surface area contributed by atoms with Crippen LogP contribution in [0.5, 0.6) is 0 Å². The molecule has 2 aliphatic rings. The molecule has 0 radical (unpaired) electrons. The first kappa shape index (κ1) is 17.3. The zero-order valence-electron chi connectivity index (χ0n) is 14.4. The fourth-order valence-corrected chi connectivity index (χ4v) is 2.98. The number of nitrogens with zero attached hydrogens (tertiary/aromatic N) is 1. The Morgan fingerprint density at radius 1 is 1.23 bits per heavy atom. The Morgan fingerprint density at radius 2 is 1.91 bits per heavy atom. The van der Waals surface area contributed by atoms with Crippen LogP contribution in [0, 0.1) is 17.3 Å². The number of ether oxygens (including phenoxy) is 1. The van der Waals surface area contributed by atoms with E-state index < -0.39 is 11.5 Å². The molecule has 0 aromatic carbocycles. The van der Waals surface area contributed by atoms with Crippen molar-refractivity contribution in [2.45, 2.75) is 53.0 Å². The third kappa shape index (κ3) is 4.22. The summed E-state index contributed by atoms with van der Waals surface area (Å²) < 4.78 is 5.68. The molecule has 0 aromatic rings. The minimum absolute atomic E-state index is 0.00687. The second-order valence-corrected chi connectivity index (χ2v) is 7.76. The van der Waals surface area contributed by atoms with Crippen molar-refractivity contribution in [1.82, 2.24) is 10.2 Å². The van der Waals surface area contributed by atoms with Crippen molar-refractivity contribution in [3.63, 3.8) is 0 Å². The van der Waals surface area contributed by atoms with Crippen molar-refractivity contribution in [3.05, 3.63) is 0 Å². The Morgan fingerprint density at radius 3 is 2.45 bits per heavy atom. The van der Waals surface area contributed by atoms with Crippen LogP contribution in [0.25, 0.3) is 0 Å². The lowest BCUT2D eigenvalue weighted by Gasteiger charge is -2.35. The van der Waals surface area contributed by atoms with Crippen LogP contribution >= 0.6 is 0 Å².